The molecular formula is C8H9NO4. The molecule has 0 amide bonds. The molecular weight excluding hydrogens is 174 g/mol. The molecule has 0 saturated heterocycles. The Kier molecular flexibility index (Phi) is 3.87. The third-order valence-corrected chi connectivity index (χ3v) is 1.25. The Bertz CT molecular complexity index is 262. The van der Waals surface area contributed by atoms with Gasteiger partial charge in [-0.25, -0.2) is 9.68 Å². The number of esters is 1. The van der Waals surface area contributed by atoms with E-state index in [1.165, 1.54) is 13.3 Å². The number of rotatable bonds is 4. The first-order chi connectivity index (χ1) is 6.34. The summed E-state index contributed by atoms with van der Waals surface area (Å²) in [6.07, 6.45) is 2.98. The van der Waals surface area contributed by atoms with Crippen molar-refractivity contribution in [2.45, 2.75) is 0 Å². The summed E-state index contributed by atoms with van der Waals surface area (Å²) in [6.45, 7) is -0.232. The van der Waals surface area contributed by atoms with E-state index in [4.69, 9.17) is 0 Å². The molecule has 0 atom stereocenters. The van der Waals surface area contributed by atoms with Crippen molar-refractivity contribution in [3.63, 3.8) is 0 Å². The second-order valence-corrected chi connectivity index (χ2v) is 2.08. The van der Waals surface area contributed by atoms with E-state index < -0.39 is 5.97 Å². The molecule has 0 fully saturated rings. The van der Waals surface area contributed by atoms with Crippen LogP contribution in [0.3, 0.4) is 0 Å². The minimum absolute atomic E-state index is 0.232. The first kappa shape index (κ1) is 9.63. The molecule has 0 N–H and O–H groups in total. The van der Waals surface area contributed by atoms with Gasteiger partial charge < -0.3 is 4.74 Å². The van der Waals surface area contributed by atoms with Crippen LogP contribution in [0.4, 0.5) is 0 Å². The number of hydrogen-bond acceptors (Lipinski definition) is 5. The monoisotopic (exact) mass is 183 g/mol. The number of nitrogens with zero attached hydrogens (tertiary/aromatic N) is 1. The van der Waals surface area contributed by atoms with Gasteiger partial charge in [-0.05, 0) is 12.1 Å². The van der Waals surface area contributed by atoms with E-state index in [9.17, 15) is 4.79 Å². The van der Waals surface area contributed by atoms with Gasteiger partial charge in [0.25, 0.3) is 0 Å². The SMILES string of the molecule is COOCOC(=O)c1cccnc1. The van der Waals surface area contributed by atoms with Gasteiger partial charge in [0.05, 0.1) is 12.7 Å². The van der Waals surface area contributed by atoms with E-state index in [0.29, 0.717) is 5.56 Å². The van der Waals surface area contributed by atoms with Crippen molar-refractivity contribution in [3.8, 4) is 0 Å². The molecule has 0 unspecified atom stereocenters. The van der Waals surface area contributed by atoms with Gasteiger partial charge in [-0.15, -0.1) is 0 Å². The predicted octanol–water partition coefficient (Wildman–Crippen LogP) is 0.774. The predicted molar refractivity (Wildman–Crippen MR) is 42.6 cm³/mol. The molecule has 5 nitrogen and oxygen atoms in total. The summed E-state index contributed by atoms with van der Waals surface area (Å²) in [5.74, 6) is -0.495. The highest BCUT2D eigenvalue weighted by atomic mass is 17.2. The van der Waals surface area contributed by atoms with Gasteiger partial charge in [-0.3, -0.25) is 4.98 Å². The van der Waals surface area contributed by atoms with Crippen LogP contribution in [0.15, 0.2) is 24.5 Å². The van der Waals surface area contributed by atoms with Crippen LogP contribution in [0.2, 0.25) is 0 Å². The van der Waals surface area contributed by atoms with Crippen LogP contribution < -0.4 is 0 Å². The molecule has 0 spiro atoms. The highest BCUT2D eigenvalue weighted by Gasteiger charge is 2.05. The van der Waals surface area contributed by atoms with Crippen molar-refractivity contribution in [1.29, 1.82) is 0 Å². The maximum atomic E-state index is 11.1. The number of hydrogen-bond donors (Lipinski definition) is 0. The van der Waals surface area contributed by atoms with Crippen molar-refractivity contribution < 1.29 is 19.3 Å². The summed E-state index contributed by atoms with van der Waals surface area (Å²) >= 11 is 0. The molecule has 13 heavy (non-hydrogen) atoms. The minimum Gasteiger partial charge on any atom is -0.432 e. The van der Waals surface area contributed by atoms with Crippen LogP contribution >= 0.6 is 0 Å². The summed E-state index contributed by atoms with van der Waals surface area (Å²) in [6, 6.07) is 3.25. The van der Waals surface area contributed by atoms with Crippen LogP contribution in [0.5, 0.6) is 0 Å². The van der Waals surface area contributed by atoms with Crippen molar-refractivity contribution in [1.82, 2.24) is 4.98 Å². The average molecular weight is 183 g/mol. The Labute approximate surface area is 75.2 Å². The Hall–Kier alpha value is -1.46. The van der Waals surface area contributed by atoms with E-state index in [2.05, 4.69) is 19.5 Å². The first-order valence-corrected chi connectivity index (χ1v) is 3.57. The van der Waals surface area contributed by atoms with Crippen LogP contribution in [0.1, 0.15) is 10.4 Å². The largest absolute Gasteiger partial charge is 0.432 e. The molecule has 1 heterocycles. The van der Waals surface area contributed by atoms with Crippen molar-refractivity contribution in [2.24, 2.45) is 0 Å². The lowest BCUT2D eigenvalue weighted by atomic mass is 10.3. The fourth-order valence-corrected chi connectivity index (χ4v) is 0.693. The molecule has 5 heteroatoms. The zero-order chi connectivity index (χ0) is 9.52. The molecule has 0 aromatic carbocycles. The Morgan fingerprint density at radius 3 is 3.08 bits per heavy atom. The molecule has 0 aliphatic rings. The van der Waals surface area contributed by atoms with Gasteiger partial charge in [0.1, 0.15) is 0 Å². The second-order valence-electron chi connectivity index (χ2n) is 2.08. The number of ether oxygens (including phenoxy) is 1. The van der Waals surface area contributed by atoms with Crippen LogP contribution in [0, 0.1) is 0 Å². The van der Waals surface area contributed by atoms with Gasteiger partial charge >= 0.3 is 5.97 Å². The molecule has 0 radical (unpaired) electrons. The van der Waals surface area contributed by atoms with E-state index >= 15 is 0 Å². The molecule has 1 aromatic heterocycles. The highest BCUT2D eigenvalue weighted by Crippen LogP contribution is 1.98. The van der Waals surface area contributed by atoms with Gasteiger partial charge in [0.15, 0.2) is 0 Å². The number of carbonyl (C=O) groups is 1. The molecule has 1 rings (SSSR count). The Balaban J connectivity index is 2.40. The quantitative estimate of drug-likeness (QED) is 0.227. The fraction of sp³-hybridized carbons (Fsp3) is 0.250. The maximum absolute atomic E-state index is 11.1. The van der Waals surface area contributed by atoms with Crippen LogP contribution in [-0.4, -0.2) is 24.9 Å². The van der Waals surface area contributed by atoms with E-state index in [0.717, 1.165) is 0 Å². The number of carbonyl (C=O) groups excluding carboxylic acids is 1. The zero-order valence-corrected chi connectivity index (χ0v) is 7.10. The number of pyridine rings is 1. The fourth-order valence-electron chi connectivity index (χ4n) is 0.693. The number of aromatic nitrogens is 1. The van der Waals surface area contributed by atoms with Crippen molar-refractivity contribution >= 4 is 5.97 Å². The van der Waals surface area contributed by atoms with Crippen molar-refractivity contribution in [3.05, 3.63) is 30.1 Å². The van der Waals surface area contributed by atoms with Gasteiger partial charge in [-0.1, -0.05) is 0 Å². The normalized spacial score (nSPS) is 9.62. The summed E-state index contributed by atoms with van der Waals surface area (Å²) in [4.78, 5) is 23.5. The lowest BCUT2D eigenvalue weighted by Crippen LogP contribution is -2.08. The van der Waals surface area contributed by atoms with Gasteiger partial charge in [0, 0.05) is 12.4 Å². The lowest BCUT2D eigenvalue weighted by Gasteiger charge is -2.02. The van der Waals surface area contributed by atoms with Crippen LogP contribution in [-0.2, 0) is 14.5 Å². The van der Waals surface area contributed by atoms with E-state index in [1.54, 1.807) is 18.3 Å². The van der Waals surface area contributed by atoms with E-state index in [-0.39, 0.29) is 6.79 Å². The molecule has 70 valence electrons. The van der Waals surface area contributed by atoms with Gasteiger partial charge in [-0.2, -0.15) is 4.89 Å². The zero-order valence-electron chi connectivity index (χ0n) is 7.10. The summed E-state index contributed by atoms with van der Waals surface area (Å²) in [5, 5.41) is 0. The maximum Gasteiger partial charge on any atom is 0.341 e. The lowest BCUT2D eigenvalue weighted by molar-refractivity contribution is -0.308. The van der Waals surface area contributed by atoms with Crippen LogP contribution in [0.25, 0.3) is 0 Å². The second kappa shape index (κ2) is 5.23. The third-order valence-electron chi connectivity index (χ3n) is 1.25. The smallest absolute Gasteiger partial charge is 0.341 e. The third kappa shape index (κ3) is 3.18. The Morgan fingerprint density at radius 1 is 1.62 bits per heavy atom. The molecule has 1 aromatic rings. The average Bonchev–Trinajstić information content (AvgIpc) is 2.19. The molecule has 0 saturated carbocycles. The molecule has 0 aliphatic carbocycles. The van der Waals surface area contributed by atoms with E-state index in [1.807, 2.05) is 0 Å². The molecule has 0 bridgehead atoms. The standard InChI is InChI=1S/C8H9NO4/c1-11-13-6-12-8(10)7-3-2-4-9-5-7/h2-5H,6H2,1H3. The van der Waals surface area contributed by atoms with Crippen molar-refractivity contribution in [2.75, 3.05) is 13.9 Å². The summed E-state index contributed by atoms with van der Waals surface area (Å²) < 4.78 is 4.64. The topological polar surface area (TPSA) is 57.7 Å². The minimum atomic E-state index is -0.495. The first-order valence-electron chi connectivity index (χ1n) is 3.57. The van der Waals surface area contributed by atoms with Gasteiger partial charge in [0.2, 0.25) is 6.79 Å². The molecule has 0 aliphatic heterocycles. The Morgan fingerprint density at radius 2 is 2.46 bits per heavy atom. The highest BCUT2D eigenvalue weighted by molar-refractivity contribution is 5.88. The summed E-state index contributed by atoms with van der Waals surface area (Å²) in [7, 11) is 1.33. The summed E-state index contributed by atoms with van der Waals surface area (Å²) in [5.41, 5.74) is 0.377.